The number of carbonyl (C=O) groups is 1. The number of aromatic nitrogens is 2. The molecule has 1 N–H and O–H groups in total. The Bertz CT molecular complexity index is 647. The molecular weight excluding hydrogens is 348 g/mol. The molecule has 1 aromatic heterocycles. The Morgan fingerprint density at radius 2 is 2.13 bits per heavy atom. The van der Waals surface area contributed by atoms with Crippen LogP contribution in [0.1, 0.15) is 41.7 Å². The number of halogens is 3. The molecule has 2 heterocycles. The number of thioether (sulfide) groups is 1. The van der Waals surface area contributed by atoms with Crippen LogP contribution in [0.3, 0.4) is 0 Å². The van der Waals surface area contributed by atoms with E-state index in [4.69, 9.17) is 11.6 Å². The van der Waals surface area contributed by atoms with E-state index in [0.29, 0.717) is 23.7 Å². The number of nitrogens with zero attached hydrogens (tertiary/aromatic N) is 3. The van der Waals surface area contributed by atoms with Gasteiger partial charge in [0.2, 0.25) is 0 Å². The lowest BCUT2D eigenvalue weighted by Crippen LogP contribution is -2.53. The molecule has 9 heteroatoms. The van der Waals surface area contributed by atoms with Gasteiger partial charge in [0.1, 0.15) is 16.8 Å². The maximum Gasteiger partial charge on any atom is 0.270 e. The van der Waals surface area contributed by atoms with Crippen LogP contribution in [0.4, 0.5) is 8.78 Å². The summed E-state index contributed by atoms with van der Waals surface area (Å²) in [7, 11) is 0. The van der Waals surface area contributed by atoms with Gasteiger partial charge in [-0.1, -0.05) is 29.8 Å². The van der Waals surface area contributed by atoms with Gasteiger partial charge in [-0.25, -0.2) is 18.7 Å². The van der Waals surface area contributed by atoms with E-state index in [1.165, 1.54) is 11.8 Å². The summed E-state index contributed by atoms with van der Waals surface area (Å²) in [6, 6.07) is -1.56. The standard InChI is InChI=1S/C14H16ClF2N3O2S/c1-23-13-18-7-6-20(12(22)9(7)11(15)19-13)10-8(21)4-2-3-5-14(10,16)17/h8,10,21H,2-6H2,1H3. The van der Waals surface area contributed by atoms with Crippen LogP contribution in [-0.2, 0) is 6.54 Å². The minimum Gasteiger partial charge on any atom is -0.391 e. The molecule has 2 atom stereocenters. The molecule has 2 aliphatic rings. The molecule has 0 bridgehead atoms. The first-order valence-electron chi connectivity index (χ1n) is 7.32. The van der Waals surface area contributed by atoms with E-state index in [9.17, 15) is 18.7 Å². The zero-order valence-electron chi connectivity index (χ0n) is 12.4. The van der Waals surface area contributed by atoms with Crippen molar-refractivity contribution in [2.75, 3.05) is 6.26 Å². The molecule has 1 aromatic rings. The lowest BCUT2D eigenvalue weighted by atomic mass is 10.0. The van der Waals surface area contributed by atoms with E-state index in [1.54, 1.807) is 6.26 Å². The zero-order valence-corrected chi connectivity index (χ0v) is 14.0. The highest BCUT2D eigenvalue weighted by Gasteiger charge is 2.52. The fourth-order valence-electron chi connectivity index (χ4n) is 3.21. The number of alkyl halides is 2. The van der Waals surface area contributed by atoms with Crippen molar-refractivity contribution in [2.24, 2.45) is 0 Å². The van der Waals surface area contributed by atoms with Crippen LogP contribution in [0.25, 0.3) is 0 Å². The molecule has 0 aromatic carbocycles. The minimum atomic E-state index is -3.14. The highest BCUT2D eigenvalue weighted by Crippen LogP contribution is 2.40. The summed E-state index contributed by atoms with van der Waals surface area (Å²) in [5.41, 5.74) is 0.406. The quantitative estimate of drug-likeness (QED) is 0.379. The Hall–Kier alpha value is -0.990. The fourth-order valence-corrected chi connectivity index (χ4v) is 3.92. The fraction of sp³-hybridized carbons (Fsp3) is 0.643. The van der Waals surface area contributed by atoms with Crippen LogP contribution < -0.4 is 0 Å². The Morgan fingerprint density at radius 1 is 1.39 bits per heavy atom. The number of amides is 1. The second-order valence-corrected chi connectivity index (χ2v) is 6.91. The predicted octanol–water partition coefficient (Wildman–Crippen LogP) is 2.75. The maximum absolute atomic E-state index is 14.4. The molecule has 126 valence electrons. The summed E-state index contributed by atoms with van der Waals surface area (Å²) in [5.74, 6) is -3.78. The molecule has 0 saturated heterocycles. The summed E-state index contributed by atoms with van der Waals surface area (Å²) < 4.78 is 28.9. The van der Waals surface area contributed by atoms with E-state index in [0.717, 1.165) is 4.90 Å². The summed E-state index contributed by atoms with van der Waals surface area (Å²) in [6.45, 7) is -0.0821. The van der Waals surface area contributed by atoms with Gasteiger partial charge in [0.15, 0.2) is 5.16 Å². The molecular formula is C14H16ClF2N3O2S. The molecule has 1 saturated carbocycles. The van der Waals surface area contributed by atoms with Gasteiger partial charge in [-0.05, 0) is 19.1 Å². The second-order valence-electron chi connectivity index (χ2n) is 5.77. The molecule has 0 radical (unpaired) electrons. The van der Waals surface area contributed by atoms with E-state index < -0.39 is 24.0 Å². The van der Waals surface area contributed by atoms with Crippen molar-refractivity contribution in [3.05, 3.63) is 16.4 Å². The Morgan fingerprint density at radius 3 is 2.83 bits per heavy atom. The summed E-state index contributed by atoms with van der Waals surface area (Å²) in [6.07, 6.45) is 1.24. The van der Waals surface area contributed by atoms with Gasteiger partial charge in [-0.2, -0.15) is 0 Å². The highest BCUT2D eigenvalue weighted by atomic mass is 35.5. The molecule has 1 fully saturated rings. The van der Waals surface area contributed by atoms with Gasteiger partial charge < -0.3 is 10.0 Å². The van der Waals surface area contributed by atoms with Crippen LogP contribution in [0.15, 0.2) is 5.16 Å². The number of aliphatic hydroxyl groups is 1. The third kappa shape index (κ3) is 2.92. The van der Waals surface area contributed by atoms with Crippen molar-refractivity contribution in [2.45, 2.75) is 55.5 Å². The molecule has 23 heavy (non-hydrogen) atoms. The third-order valence-electron chi connectivity index (χ3n) is 4.29. The molecule has 1 aliphatic heterocycles. The molecule has 1 aliphatic carbocycles. The number of rotatable bonds is 2. The first-order chi connectivity index (χ1) is 10.8. The average molecular weight is 364 g/mol. The predicted molar refractivity (Wildman–Crippen MR) is 81.9 cm³/mol. The smallest absolute Gasteiger partial charge is 0.270 e. The average Bonchev–Trinajstić information content (AvgIpc) is 2.73. The van der Waals surface area contributed by atoms with Gasteiger partial charge in [0, 0.05) is 6.42 Å². The number of hydrogen-bond acceptors (Lipinski definition) is 5. The zero-order chi connectivity index (χ0) is 16.8. The maximum atomic E-state index is 14.4. The SMILES string of the molecule is CSc1nc(Cl)c2c(n1)CN(C1C(O)CCCCC1(F)F)C2=O. The first kappa shape index (κ1) is 16.9. The van der Waals surface area contributed by atoms with Crippen molar-refractivity contribution in [3.63, 3.8) is 0 Å². The van der Waals surface area contributed by atoms with Gasteiger partial charge in [-0.15, -0.1) is 0 Å². The number of fused-ring (bicyclic) bond motifs is 1. The van der Waals surface area contributed by atoms with Gasteiger partial charge in [0.25, 0.3) is 11.8 Å². The number of hydrogen-bond donors (Lipinski definition) is 1. The largest absolute Gasteiger partial charge is 0.391 e. The molecule has 1 amide bonds. The minimum absolute atomic E-state index is 0.0294. The van der Waals surface area contributed by atoms with E-state index in [1.807, 2.05) is 0 Å². The number of carbonyl (C=O) groups excluding carboxylic acids is 1. The van der Waals surface area contributed by atoms with Crippen LogP contribution >= 0.6 is 23.4 Å². The highest BCUT2D eigenvalue weighted by molar-refractivity contribution is 7.98. The van der Waals surface area contributed by atoms with Crippen molar-refractivity contribution in [1.29, 1.82) is 0 Å². The Labute approximate surface area is 141 Å². The molecule has 3 rings (SSSR count). The van der Waals surface area contributed by atoms with Gasteiger partial charge >= 0.3 is 0 Å². The van der Waals surface area contributed by atoms with E-state index in [-0.39, 0.29) is 30.1 Å². The first-order valence-corrected chi connectivity index (χ1v) is 8.92. The van der Waals surface area contributed by atoms with Crippen molar-refractivity contribution in [3.8, 4) is 0 Å². The normalized spacial score (nSPS) is 27.0. The van der Waals surface area contributed by atoms with Crippen LogP contribution in [-0.4, -0.2) is 50.2 Å². The van der Waals surface area contributed by atoms with Crippen molar-refractivity contribution in [1.82, 2.24) is 14.9 Å². The van der Waals surface area contributed by atoms with Gasteiger partial charge in [-0.3, -0.25) is 4.79 Å². The second kappa shape index (κ2) is 6.14. The molecule has 0 spiro atoms. The van der Waals surface area contributed by atoms with Crippen LogP contribution in [0.5, 0.6) is 0 Å². The van der Waals surface area contributed by atoms with E-state index >= 15 is 0 Å². The molecule has 5 nitrogen and oxygen atoms in total. The van der Waals surface area contributed by atoms with Gasteiger partial charge in [0.05, 0.1) is 18.3 Å². The lowest BCUT2D eigenvalue weighted by molar-refractivity contribution is -0.112. The number of aliphatic hydroxyl groups excluding tert-OH is 1. The van der Waals surface area contributed by atoms with Crippen LogP contribution in [0, 0.1) is 0 Å². The monoisotopic (exact) mass is 363 g/mol. The van der Waals surface area contributed by atoms with Crippen LogP contribution in [0.2, 0.25) is 5.15 Å². The lowest BCUT2D eigenvalue weighted by Gasteiger charge is -2.35. The molecule has 2 unspecified atom stereocenters. The van der Waals surface area contributed by atoms with Crippen molar-refractivity contribution < 1.29 is 18.7 Å². The van der Waals surface area contributed by atoms with E-state index in [2.05, 4.69) is 9.97 Å². The third-order valence-corrected chi connectivity index (χ3v) is 5.11. The topological polar surface area (TPSA) is 66.3 Å². The van der Waals surface area contributed by atoms with Crippen molar-refractivity contribution >= 4 is 29.3 Å². The summed E-state index contributed by atoms with van der Waals surface area (Å²) in [4.78, 5) is 21.8. The summed E-state index contributed by atoms with van der Waals surface area (Å²) in [5, 5.41) is 10.5. The Kier molecular flexibility index (Phi) is 4.50. The summed E-state index contributed by atoms with van der Waals surface area (Å²) >= 11 is 7.29. The Balaban J connectivity index is 1.98.